The highest BCUT2D eigenvalue weighted by Crippen LogP contribution is 2.32. The summed E-state index contributed by atoms with van der Waals surface area (Å²) in [5.41, 5.74) is 2.80. The molecule has 4 rings (SSSR count). The first kappa shape index (κ1) is 22.3. The van der Waals surface area contributed by atoms with Crippen molar-refractivity contribution in [1.82, 2.24) is 4.90 Å². The number of rotatable bonds is 6. The molecule has 0 bridgehead atoms. The smallest absolute Gasteiger partial charge is 0.341 e. The van der Waals surface area contributed by atoms with Gasteiger partial charge < -0.3 is 10.0 Å². The van der Waals surface area contributed by atoms with Crippen molar-refractivity contribution in [2.24, 2.45) is 0 Å². The molecule has 2 aromatic rings. The number of hydrogen-bond donors (Lipinski definition) is 1. The Bertz CT molecular complexity index is 918. The number of carboxylic acid groups (broad SMARTS) is 1. The Labute approximate surface area is 191 Å². The number of carbonyl (C=O) groups is 2. The van der Waals surface area contributed by atoms with Crippen LogP contribution in [0.4, 0.5) is 0 Å². The molecule has 1 amide bonds. The van der Waals surface area contributed by atoms with E-state index in [0.29, 0.717) is 0 Å². The van der Waals surface area contributed by atoms with Crippen LogP contribution in [-0.4, -0.2) is 34.0 Å². The number of carbonyl (C=O) groups excluding carboxylic acids is 1. The summed E-state index contributed by atoms with van der Waals surface area (Å²) in [7, 11) is 0. The molecule has 2 aliphatic carbocycles. The maximum Gasteiger partial charge on any atom is 0.341 e. The maximum absolute atomic E-state index is 13.7. The highest BCUT2D eigenvalue weighted by molar-refractivity contribution is 6.19. The van der Waals surface area contributed by atoms with Crippen LogP contribution in [0.3, 0.4) is 0 Å². The Kier molecular flexibility index (Phi) is 7.41. The SMILES string of the molecule is O=C(O)/C(=C\c1ccc(-c2ccccc2)cc1)C(=O)N(C1CCCCC1)C1CCCCC1. The molecule has 168 valence electrons. The lowest BCUT2D eigenvalue weighted by Crippen LogP contribution is -2.50. The second-order valence-corrected chi connectivity index (χ2v) is 9.15. The van der Waals surface area contributed by atoms with Crippen molar-refractivity contribution >= 4 is 18.0 Å². The molecule has 1 N–H and O–H groups in total. The van der Waals surface area contributed by atoms with Crippen LogP contribution in [0.25, 0.3) is 17.2 Å². The minimum absolute atomic E-state index is 0.117. The van der Waals surface area contributed by atoms with Gasteiger partial charge in [-0.25, -0.2) is 4.79 Å². The molecule has 0 unspecified atom stereocenters. The lowest BCUT2D eigenvalue weighted by molar-refractivity contribution is -0.140. The quantitative estimate of drug-likeness (QED) is 0.331. The number of benzene rings is 2. The topological polar surface area (TPSA) is 57.6 Å². The molecule has 0 saturated heterocycles. The standard InChI is InChI=1S/C28H33NO3/c30-27(29(24-12-6-2-7-13-24)25-14-8-3-9-15-25)26(28(31)32)20-21-16-18-23(19-17-21)22-10-4-1-5-11-22/h1,4-5,10-11,16-20,24-25H,2-3,6-9,12-15H2,(H,31,32)/b26-20-. The summed E-state index contributed by atoms with van der Waals surface area (Å²) in [6, 6.07) is 18.1. The van der Waals surface area contributed by atoms with Crippen LogP contribution in [0.2, 0.25) is 0 Å². The number of aliphatic carboxylic acids is 1. The molecule has 0 heterocycles. The molecule has 2 aromatic carbocycles. The van der Waals surface area contributed by atoms with E-state index in [1.54, 1.807) is 6.08 Å². The number of hydrogen-bond acceptors (Lipinski definition) is 2. The minimum atomic E-state index is -1.14. The molecule has 4 heteroatoms. The van der Waals surface area contributed by atoms with Gasteiger partial charge in [0.25, 0.3) is 5.91 Å². The van der Waals surface area contributed by atoms with Gasteiger partial charge in [-0.2, -0.15) is 0 Å². The fraction of sp³-hybridized carbons (Fsp3) is 0.429. The molecule has 0 radical (unpaired) electrons. The van der Waals surface area contributed by atoms with Crippen LogP contribution in [0.1, 0.15) is 69.8 Å². The summed E-state index contributed by atoms with van der Waals surface area (Å²) in [5, 5.41) is 9.97. The van der Waals surface area contributed by atoms with Crippen LogP contribution in [0, 0.1) is 0 Å². The van der Waals surface area contributed by atoms with Gasteiger partial charge in [-0.3, -0.25) is 4.79 Å². The normalized spacial score (nSPS) is 18.3. The van der Waals surface area contributed by atoms with Crippen LogP contribution in [0.5, 0.6) is 0 Å². The highest BCUT2D eigenvalue weighted by atomic mass is 16.4. The molecule has 2 fully saturated rings. The van der Waals surface area contributed by atoms with E-state index in [-0.39, 0.29) is 23.6 Å². The third-order valence-electron chi connectivity index (χ3n) is 6.96. The van der Waals surface area contributed by atoms with Gasteiger partial charge in [0.1, 0.15) is 5.57 Å². The summed E-state index contributed by atoms with van der Waals surface area (Å²) in [6.07, 6.45) is 12.4. The average Bonchev–Trinajstić information content (AvgIpc) is 2.85. The predicted octanol–water partition coefficient (Wildman–Crippen LogP) is 6.32. The van der Waals surface area contributed by atoms with Crippen molar-refractivity contribution in [2.75, 3.05) is 0 Å². The first-order valence-corrected chi connectivity index (χ1v) is 12.1. The van der Waals surface area contributed by atoms with E-state index >= 15 is 0 Å². The molecular weight excluding hydrogens is 398 g/mol. The second-order valence-electron chi connectivity index (χ2n) is 9.15. The third-order valence-corrected chi connectivity index (χ3v) is 6.96. The van der Waals surface area contributed by atoms with Crippen LogP contribution >= 0.6 is 0 Å². The molecule has 2 saturated carbocycles. The van der Waals surface area contributed by atoms with Gasteiger partial charge in [0.05, 0.1) is 0 Å². The highest BCUT2D eigenvalue weighted by Gasteiger charge is 2.35. The summed E-state index contributed by atoms with van der Waals surface area (Å²) >= 11 is 0. The van der Waals surface area contributed by atoms with Crippen molar-refractivity contribution in [3.05, 3.63) is 65.7 Å². The second kappa shape index (κ2) is 10.6. The van der Waals surface area contributed by atoms with E-state index in [4.69, 9.17) is 0 Å². The van der Waals surface area contributed by atoms with Gasteiger partial charge in [0.2, 0.25) is 0 Å². The summed E-state index contributed by atoms with van der Waals surface area (Å²) in [4.78, 5) is 27.8. The number of carboxylic acids is 1. The fourth-order valence-corrected chi connectivity index (χ4v) is 5.27. The maximum atomic E-state index is 13.7. The zero-order valence-electron chi connectivity index (χ0n) is 18.7. The van der Waals surface area contributed by atoms with Crippen molar-refractivity contribution < 1.29 is 14.7 Å². The molecule has 0 spiro atoms. The molecule has 0 atom stereocenters. The van der Waals surface area contributed by atoms with Gasteiger partial charge in [-0.15, -0.1) is 0 Å². The molecular formula is C28H33NO3. The third kappa shape index (κ3) is 5.29. The van der Waals surface area contributed by atoms with E-state index in [2.05, 4.69) is 0 Å². The molecule has 0 aromatic heterocycles. The monoisotopic (exact) mass is 431 g/mol. The first-order valence-electron chi connectivity index (χ1n) is 12.1. The Morgan fingerprint density at radius 3 is 1.72 bits per heavy atom. The molecule has 0 aliphatic heterocycles. The van der Waals surface area contributed by atoms with Crippen molar-refractivity contribution in [1.29, 1.82) is 0 Å². The minimum Gasteiger partial charge on any atom is -0.477 e. The first-order chi connectivity index (χ1) is 15.6. The zero-order valence-corrected chi connectivity index (χ0v) is 18.7. The number of nitrogens with zero attached hydrogens (tertiary/aromatic N) is 1. The van der Waals surface area contributed by atoms with E-state index in [0.717, 1.165) is 68.1 Å². The van der Waals surface area contributed by atoms with E-state index in [1.807, 2.05) is 59.5 Å². The Hall–Kier alpha value is -2.88. The van der Waals surface area contributed by atoms with Gasteiger partial charge in [-0.1, -0.05) is 93.1 Å². The van der Waals surface area contributed by atoms with Crippen LogP contribution < -0.4 is 0 Å². The summed E-state index contributed by atoms with van der Waals surface area (Å²) < 4.78 is 0. The Morgan fingerprint density at radius 2 is 1.22 bits per heavy atom. The lowest BCUT2D eigenvalue weighted by Gasteiger charge is -2.41. The van der Waals surface area contributed by atoms with E-state index < -0.39 is 5.97 Å². The van der Waals surface area contributed by atoms with Crippen molar-refractivity contribution in [3.8, 4) is 11.1 Å². The van der Waals surface area contributed by atoms with Crippen molar-refractivity contribution in [2.45, 2.75) is 76.3 Å². The molecule has 32 heavy (non-hydrogen) atoms. The lowest BCUT2D eigenvalue weighted by atomic mass is 9.88. The average molecular weight is 432 g/mol. The molecule has 2 aliphatic rings. The summed E-state index contributed by atoms with van der Waals surface area (Å²) in [5.74, 6) is -1.44. The van der Waals surface area contributed by atoms with Gasteiger partial charge in [0.15, 0.2) is 0 Å². The van der Waals surface area contributed by atoms with Crippen LogP contribution in [0.15, 0.2) is 60.2 Å². The fourth-order valence-electron chi connectivity index (χ4n) is 5.27. The Balaban J connectivity index is 1.61. The van der Waals surface area contributed by atoms with Crippen LogP contribution in [-0.2, 0) is 9.59 Å². The Morgan fingerprint density at radius 1 is 0.719 bits per heavy atom. The van der Waals surface area contributed by atoms with Gasteiger partial charge in [0, 0.05) is 12.1 Å². The zero-order chi connectivity index (χ0) is 22.3. The van der Waals surface area contributed by atoms with Gasteiger partial charge in [-0.05, 0) is 48.4 Å². The molecule has 4 nitrogen and oxygen atoms in total. The number of amides is 1. The predicted molar refractivity (Wildman–Crippen MR) is 128 cm³/mol. The van der Waals surface area contributed by atoms with Crippen molar-refractivity contribution in [3.63, 3.8) is 0 Å². The van der Waals surface area contributed by atoms with Gasteiger partial charge >= 0.3 is 5.97 Å². The van der Waals surface area contributed by atoms with E-state index in [1.165, 1.54) is 12.8 Å². The largest absolute Gasteiger partial charge is 0.477 e. The summed E-state index contributed by atoms with van der Waals surface area (Å²) in [6.45, 7) is 0. The van der Waals surface area contributed by atoms with E-state index in [9.17, 15) is 14.7 Å².